The molecule has 3 rings (SSSR count). The Bertz CT molecular complexity index is 679. The van der Waals surface area contributed by atoms with Crippen LogP contribution in [0.4, 0.5) is 11.4 Å². The Balaban J connectivity index is 2.19. The minimum Gasteiger partial charge on any atom is -0.391 e. The fourth-order valence-corrected chi connectivity index (χ4v) is 3.44. The summed E-state index contributed by atoms with van der Waals surface area (Å²) >= 11 is 0. The molecule has 0 aromatic heterocycles. The van der Waals surface area contributed by atoms with Crippen LogP contribution in [0.1, 0.15) is 24.0 Å². The first-order valence-corrected chi connectivity index (χ1v) is 7.82. The molecule has 1 N–H and O–H groups in total. The molecule has 1 aliphatic heterocycles. The molecule has 1 amide bonds. The van der Waals surface area contributed by atoms with Gasteiger partial charge in [-0.2, -0.15) is 0 Å². The van der Waals surface area contributed by atoms with Gasteiger partial charge in [-0.1, -0.05) is 36.4 Å². The predicted octanol–water partition coefficient (Wildman–Crippen LogP) is 2.74. The van der Waals surface area contributed by atoms with Gasteiger partial charge in [0.2, 0.25) is 5.91 Å². The van der Waals surface area contributed by atoms with Crippen molar-refractivity contribution in [2.24, 2.45) is 0 Å². The van der Waals surface area contributed by atoms with Crippen molar-refractivity contribution in [3.8, 4) is 0 Å². The van der Waals surface area contributed by atoms with E-state index in [-0.39, 0.29) is 11.8 Å². The van der Waals surface area contributed by atoms with Gasteiger partial charge >= 0.3 is 0 Å². The van der Waals surface area contributed by atoms with Crippen molar-refractivity contribution < 1.29 is 9.90 Å². The molecule has 4 heteroatoms. The maximum Gasteiger partial charge on any atom is 0.228 e. The van der Waals surface area contributed by atoms with E-state index in [0.717, 1.165) is 22.5 Å². The number of anilines is 2. The van der Waals surface area contributed by atoms with Gasteiger partial charge in [-0.25, -0.2) is 0 Å². The van der Waals surface area contributed by atoms with Crippen molar-refractivity contribution in [2.45, 2.75) is 18.9 Å². The predicted molar refractivity (Wildman–Crippen MR) is 92.1 cm³/mol. The van der Waals surface area contributed by atoms with Crippen LogP contribution < -0.4 is 4.90 Å². The molecule has 0 aliphatic carbocycles. The number of likely N-dealkylation sites (N-methyl/N-ethyl adjacent to an activating group) is 1. The van der Waals surface area contributed by atoms with E-state index >= 15 is 0 Å². The summed E-state index contributed by atoms with van der Waals surface area (Å²) in [5, 5.41) is 10.8. The van der Waals surface area contributed by atoms with E-state index in [9.17, 15) is 9.90 Å². The lowest BCUT2D eigenvalue weighted by Crippen LogP contribution is -2.37. The molecule has 2 aromatic carbocycles. The van der Waals surface area contributed by atoms with Gasteiger partial charge in [0.1, 0.15) is 0 Å². The number of amides is 1. The molecule has 1 heterocycles. The highest BCUT2D eigenvalue weighted by molar-refractivity contribution is 6.02. The van der Waals surface area contributed by atoms with Gasteiger partial charge in [-0.05, 0) is 37.4 Å². The Labute approximate surface area is 137 Å². The van der Waals surface area contributed by atoms with Crippen LogP contribution in [0.25, 0.3) is 0 Å². The zero-order valence-electron chi connectivity index (χ0n) is 13.7. The lowest BCUT2D eigenvalue weighted by atomic mass is 9.81. The third kappa shape index (κ3) is 2.76. The van der Waals surface area contributed by atoms with Crippen molar-refractivity contribution in [2.75, 3.05) is 25.5 Å². The van der Waals surface area contributed by atoms with Gasteiger partial charge in [-0.15, -0.1) is 0 Å². The zero-order valence-corrected chi connectivity index (χ0v) is 13.7. The Hall–Kier alpha value is -2.17. The monoisotopic (exact) mass is 310 g/mol. The Morgan fingerprint density at radius 2 is 1.57 bits per heavy atom. The van der Waals surface area contributed by atoms with E-state index in [1.807, 2.05) is 67.5 Å². The highest BCUT2D eigenvalue weighted by Crippen LogP contribution is 2.46. The molecule has 2 aromatic rings. The molecule has 0 saturated heterocycles. The highest BCUT2D eigenvalue weighted by atomic mass is 16.3. The number of carbonyl (C=O) groups is 1. The van der Waals surface area contributed by atoms with Crippen LogP contribution in [0.15, 0.2) is 48.5 Å². The molecular formula is C19H22N2O2. The average Bonchev–Trinajstić information content (AvgIpc) is 2.51. The van der Waals surface area contributed by atoms with E-state index in [0.29, 0.717) is 6.54 Å². The van der Waals surface area contributed by atoms with Gasteiger partial charge in [0.25, 0.3) is 0 Å². The molecule has 1 aliphatic rings. The van der Waals surface area contributed by atoms with E-state index in [1.165, 1.54) is 0 Å². The molecule has 0 saturated carbocycles. The summed E-state index contributed by atoms with van der Waals surface area (Å²) in [6.45, 7) is 2.14. The zero-order chi connectivity index (χ0) is 16.6. The van der Waals surface area contributed by atoms with Crippen LogP contribution in [0, 0.1) is 0 Å². The third-order valence-corrected chi connectivity index (χ3v) is 4.28. The summed E-state index contributed by atoms with van der Waals surface area (Å²) < 4.78 is 0. The Morgan fingerprint density at radius 1 is 1.09 bits per heavy atom. The van der Waals surface area contributed by atoms with Gasteiger partial charge in [-0.3, -0.25) is 9.69 Å². The smallest absolute Gasteiger partial charge is 0.228 e. The van der Waals surface area contributed by atoms with Crippen LogP contribution in [0.5, 0.6) is 0 Å². The average molecular weight is 310 g/mol. The number of aliphatic hydroxyl groups is 1. The molecule has 0 radical (unpaired) electrons. The summed E-state index contributed by atoms with van der Waals surface area (Å²) in [5.41, 5.74) is 3.72. The fraction of sp³-hybridized carbons (Fsp3) is 0.316. The van der Waals surface area contributed by atoms with E-state index in [2.05, 4.69) is 0 Å². The first-order valence-electron chi connectivity index (χ1n) is 7.82. The first kappa shape index (κ1) is 15.7. The molecule has 0 fully saturated rings. The second kappa shape index (κ2) is 6.14. The largest absolute Gasteiger partial charge is 0.391 e. The Morgan fingerprint density at radius 3 is 2.00 bits per heavy atom. The lowest BCUT2D eigenvalue weighted by Gasteiger charge is -2.38. The van der Waals surface area contributed by atoms with Crippen molar-refractivity contribution in [3.63, 3.8) is 0 Å². The minimum absolute atomic E-state index is 0.0227. The second-order valence-corrected chi connectivity index (χ2v) is 6.28. The van der Waals surface area contributed by atoms with Gasteiger partial charge < -0.3 is 10.0 Å². The van der Waals surface area contributed by atoms with Crippen molar-refractivity contribution in [1.82, 2.24) is 4.90 Å². The normalized spacial score (nSPS) is 15.3. The molecule has 4 nitrogen and oxygen atoms in total. The van der Waals surface area contributed by atoms with Crippen molar-refractivity contribution in [1.29, 1.82) is 0 Å². The number of rotatable bonds is 3. The van der Waals surface area contributed by atoms with Crippen LogP contribution in [0.3, 0.4) is 0 Å². The summed E-state index contributed by atoms with van der Waals surface area (Å²) in [6.07, 6.45) is -0.540. The summed E-state index contributed by atoms with van der Waals surface area (Å²) in [5.74, 6) is -0.161. The minimum atomic E-state index is -0.540. The molecule has 1 atom stereocenters. The standard InChI is InChI=1S/C19H22N2O2/c1-13(22)21-16-10-6-4-8-14(16)19(18(23)12-20(2)3)15-9-5-7-11-17(15)21/h4-11,18-19,23H,12H2,1-3H3. The molecule has 0 spiro atoms. The third-order valence-electron chi connectivity index (χ3n) is 4.28. The van der Waals surface area contributed by atoms with E-state index in [4.69, 9.17) is 0 Å². The van der Waals surface area contributed by atoms with Crippen LogP contribution >= 0.6 is 0 Å². The SMILES string of the molecule is CC(=O)N1c2ccccc2C(C(O)CN(C)C)c2ccccc21. The van der Waals surface area contributed by atoms with Crippen LogP contribution in [-0.2, 0) is 4.79 Å². The number of carbonyl (C=O) groups excluding carboxylic acids is 1. The van der Waals surface area contributed by atoms with Gasteiger partial charge in [0.05, 0.1) is 17.5 Å². The highest BCUT2D eigenvalue weighted by Gasteiger charge is 2.35. The molecule has 23 heavy (non-hydrogen) atoms. The number of benzene rings is 2. The number of hydrogen-bond acceptors (Lipinski definition) is 3. The second-order valence-electron chi connectivity index (χ2n) is 6.28. The number of nitrogens with zero attached hydrogens (tertiary/aromatic N) is 2. The Kier molecular flexibility index (Phi) is 4.20. The van der Waals surface area contributed by atoms with Gasteiger partial charge in [0.15, 0.2) is 0 Å². The number of para-hydroxylation sites is 2. The molecule has 0 bridgehead atoms. The van der Waals surface area contributed by atoms with Crippen molar-refractivity contribution >= 4 is 17.3 Å². The topological polar surface area (TPSA) is 43.8 Å². The molecule has 120 valence electrons. The first-order chi connectivity index (χ1) is 11.0. The fourth-order valence-electron chi connectivity index (χ4n) is 3.44. The van der Waals surface area contributed by atoms with Crippen LogP contribution in [-0.4, -0.2) is 42.7 Å². The summed E-state index contributed by atoms with van der Waals surface area (Å²) in [7, 11) is 3.90. The van der Waals surface area contributed by atoms with E-state index < -0.39 is 6.10 Å². The summed E-state index contributed by atoms with van der Waals surface area (Å²) in [6, 6.07) is 15.7. The van der Waals surface area contributed by atoms with Gasteiger partial charge in [0, 0.05) is 19.4 Å². The van der Waals surface area contributed by atoms with E-state index in [1.54, 1.807) is 11.8 Å². The molecular weight excluding hydrogens is 288 g/mol. The maximum absolute atomic E-state index is 12.2. The van der Waals surface area contributed by atoms with Crippen molar-refractivity contribution in [3.05, 3.63) is 59.7 Å². The lowest BCUT2D eigenvalue weighted by molar-refractivity contribution is -0.115. The quantitative estimate of drug-likeness (QED) is 0.948. The molecule has 1 unspecified atom stereocenters. The number of hydrogen-bond donors (Lipinski definition) is 1. The maximum atomic E-state index is 12.2. The summed E-state index contributed by atoms with van der Waals surface area (Å²) in [4.78, 5) is 16.0. The van der Waals surface area contributed by atoms with Crippen LogP contribution in [0.2, 0.25) is 0 Å². The number of fused-ring (bicyclic) bond motifs is 2. The number of aliphatic hydroxyl groups excluding tert-OH is 1.